The highest BCUT2D eigenvalue weighted by Crippen LogP contribution is 2.21. The predicted octanol–water partition coefficient (Wildman–Crippen LogP) is 2.18. The number of amides is 1. The average Bonchev–Trinajstić information content (AvgIpc) is 2.15. The van der Waals surface area contributed by atoms with Crippen molar-refractivity contribution in [3.05, 3.63) is 5.92 Å². The fourth-order valence-electron chi connectivity index (χ4n) is 1.64. The molecule has 16 heavy (non-hydrogen) atoms. The van der Waals surface area contributed by atoms with Crippen molar-refractivity contribution >= 4 is 11.9 Å². The normalized spacial score (nSPS) is 18.4. The highest BCUT2D eigenvalue weighted by Gasteiger charge is 2.28. The van der Waals surface area contributed by atoms with Crippen LogP contribution in [0.4, 0.5) is 4.79 Å². The first-order chi connectivity index (χ1) is 7.29. The minimum atomic E-state index is -0.457. The highest BCUT2D eigenvalue weighted by atomic mass is 16.6. The van der Waals surface area contributed by atoms with Gasteiger partial charge in [-0.2, -0.15) is 0 Å². The molecular weight excluding hydrogens is 206 g/mol. The lowest BCUT2D eigenvalue weighted by atomic mass is 9.94. The van der Waals surface area contributed by atoms with E-state index in [1.165, 1.54) is 0 Å². The molecule has 0 bridgehead atoms. The molecule has 0 aromatic heterocycles. The second-order valence-electron chi connectivity index (χ2n) is 5.13. The number of carbonyl (C=O) groups is 2. The fourth-order valence-corrected chi connectivity index (χ4v) is 1.64. The minimum Gasteiger partial charge on any atom is -0.444 e. The topological polar surface area (TPSA) is 46.6 Å². The summed E-state index contributed by atoms with van der Waals surface area (Å²) in [5.41, 5.74) is -0.457. The van der Waals surface area contributed by atoms with Gasteiger partial charge in [-0.1, -0.05) is 0 Å². The van der Waals surface area contributed by atoms with Crippen molar-refractivity contribution in [2.45, 2.75) is 46.1 Å². The van der Waals surface area contributed by atoms with Gasteiger partial charge in [-0.15, -0.1) is 0 Å². The molecule has 1 radical (unpaired) electrons. The molecule has 91 valence electrons. The van der Waals surface area contributed by atoms with Gasteiger partial charge in [-0.3, -0.25) is 4.79 Å². The second-order valence-corrected chi connectivity index (χ2v) is 5.13. The second kappa shape index (κ2) is 4.85. The summed E-state index contributed by atoms with van der Waals surface area (Å²) in [4.78, 5) is 24.5. The van der Waals surface area contributed by atoms with Crippen molar-refractivity contribution in [1.82, 2.24) is 4.90 Å². The number of piperidine rings is 1. The third kappa shape index (κ3) is 3.83. The smallest absolute Gasteiger partial charge is 0.410 e. The molecule has 1 rings (SSSR count). The standard InChI is InChI=1S/C12H20NO3/c1-9(14)10-5-7-13(8-6-10)11(15)16-12(2,3)4/h5-8H2,1-4H3. The molecule has 0 unspecified atom stereocenters. The fraction of sp³-hybridized carbons (Fsp3) is 0.750. The van der Waals surface area contributed by atoms with Crippen LogP contribution in [-0.4, -0.2) is 35.5 Å². The zero-order valence-corrected chi connectivity index (χ0v) is 10.5. The Hall–Kier alpha value is -1.06. The number of carbonyl (C=O) groups excluding carboxylic acids is 2. The predicted molar refractivity (Wildman–Crippen MR) is 61.0 cm³/mol. The average molecular weight is 226 g/mol. The maximum absolute atomic E-state index is 11.7. The van der Waals surface area contributed by atoms with Crippen molar-refractivity contribution < 1.29 is 14.3 Å². The van der Waals surface area contributed by atoms with E-state index in [1.54, 1.807) is 11.8 Å². The van der Waals surface area contributed by atoms with Crippen LogP contribution in [0.5, 0.6) is 0 Å². The molecular formula is C12H20NO3. The zero-order chi connectivity index (χ0) is 12.3. The molecule has 1 aliphatic heterocycles. The lowest BCUT2D eigenvalue weighted by Gasteiger charge is -2.32. The highest BCUT2D eigenvalue weighted by molar-refractivity contribution is 5.90. The van der Waals surface area contributed by atoms with E-state index in [9.17, 15) is 9.59 Å². The quantitative estimate of drug-likeness (QED) is 0.688. The summed E-state index contributed by atoms with van der Waals surface area (Å²) in [6, 6.07) is 0. The van der Waals surface area contributed by atoms with Gasteiger partial charge in [-0.05, 0) is 40.5 Å². The van der Waals surface area contributed by atoms with E-state index in [-0.39, 0.29) is 11.9 Å². The molecule has 4 nitrogen and oxygen atoms in total. The van der Waals surface area contributed by atoms with Crippen molar-refractivity contribution in [2.24, 2.45) is 0 Å². The molecule has 1 fully saturated rings. The first-order valence-corrected chi connectivity index (χ1v) is 5.63. The van der Waals surface area contributed by atoms with Crippen LogP contribution in [-0.2, 0) is 9.53 Å². The van der Waals surface area contributed by atoms with Gasteiger partial charge < -0.3 is 9.64 Å². The Morgan fingerprint density at radius 2 is 1.69 bits per heavy atom. The van der Waals surface area contributed by atoms with Crippen molar-refractivity contribution in [3.63, 3.8) is 0 Å². The summed E-state index contributed by atoms with van der Waals surface area (Å²) in [5.74, 6) is 1.07. The van der Waals surface area contributed by atoms with Gasteiger partial charge in [0, 0.05) is 19.0 Å². The van der Waals surface area contributed by atoms with E-state index < -0.39 is 5.60 Å². The summed E-state index contributed by atoms with van der Waals surface area (Å²) in [6.45, 7) is 8.30. The third-order valence-electron chi connectivity index (χ3n) is 2.52. The number of Topliss-reactive ketones (excluding diaryl/α,β-unsaturated/α-hetero) is 1. The maximum atomic E-state index is 11.7. The van der Waals surface area contributed by atoms with Crippen LogP contribution >= 0.6 is 0 Å². The van der Waals surface area contributed by atoms with Gasteiger partial charge in [0.15, 0.2) is 0 Å². The van der Waals surface area contributed by atoms with E-state index in [1.807, 2.05) is 20.8 Å². The van der Waals surface area contributed by atoms with E-state index in [0.717, 1.165) is 5.92 Å². The van der Waals surface area contributed by atoms with Gasteiger partial charge in [0.2, 0.25) is 0 Å². The van der Waals surface area contributed by atoms with Gasteiger partial charge in [-0.25, -0.2) is 4.79 Å². The van der Waals surface area contributed by atoms with Crippen LogP contribution in [0.1, 0.15) is 40.5 Å². The SMILES string of the molecule is CC(=O)[C]1CCN(C(=O)OC(C)(C)C)CC1. The third-order valence-corrected chi connectivity index (χ3v) is 2.52. The largest absolute Gasteiger partial charge is 0.444 e. The molecule has 0 aliphatic carbocycles. The number of nitrogens with zero attached hydrogens (tertiary/aromatic N) is 1. The Labute approximate surface area is 96.9 Å². The number of hydrogen-bond donors (Lipinski definition) is 0. The number of rotatable bonds is 1. The zero-order valence-electron chi connectivity index (χ0n) is 10.5. The Balaban J connectivity index is 2.42. The Morgan fingerprint density at radius 1 is 1.19 bits per heavy atom. The lowest BCUT2D eigenvalue weighted by Crippen LogP contribution is -2.42. The van der Waals surface area contributed by atoms with E-state index in [4.69, 9.17) is 4.74 Å². The number of ketones is 1. The van der Waals surface area contributed by atoms with Crippen LogP contribution < -0.4 is 0 Å². The van der Waals surface area contributed by atoms with Crippen molar-refractivity contribution in [1.29, 1.82) is 0 Å². The molecule has 1 heterocycles. The Morgan fingerprint density at radius 3 is 2.06 bits per heavy atom. The van der Waals surface area contributed by atoms with Crippen LogP contribution in [0.3, 0.4) is 0 Å². The molecule has 1 saturated heterocycles. The number of likely N-dealkylation sites (tertiary alicyclic amines) is 1. The summed E-state index contributed by atoms with van der Waals surface area (Å²) >= 11 is 0. The van der Waals surface area contributed by atoms with Gasteiger partial charge in [0.1, 0.15) is 11.4 Å². The van der Waals surface area contributed by atoms with E-state index >= 15 is 0 Å². The van der Waals surface area contributed by atoms with Crippen molar-refractivity contribution in [3.8, 4) is 0 Å². The van der Waals surface area contributed by atoms with Gasteiger partial charge in [0.05, 0.1) is 0 Å². The van der Waals surface area contributed by atoms with Gasteiger partial charge >= 0.3 is 6.09 Å². The number of hydrogen-bond acceptors (Lipinski definition) is 3. The van der Waals surface area contributed by atoms with E-state index in [2.05, 4.69) is 0 Å². The summed E-state index contributed by atoms with van der Waals surface area (Å²) in [5, 5.41) is 0. The molecule has 0 aromatic carbocycles. The summed E-state index contributed by atoms with van der Waals surface area (Å²) < 4.78 is 5.27. The molecule has 0 spiro atoms. The van der Waals surface area contributed by atoms with E-state index in [0.29, 0.717) is 25.9 Å². The van der Waals surface area contributed by atoms with Crippen molar-refractivity contribution in [2.75, 3.05) is 13.1 Å². The first kappa shape index (κ1) is 13.0. The molecule has 0 saturated carbocycles. The minimum absolute atomic E-state index is 0.142. The lowest BCUT2D eigenvalue weighted by molar-refractivity contribution is -0.116. The molecule has 1 amide bonds. The van der Waals surface area contributed by atoms with Crippen LogP contribution in [0, 0.1) is 5.92 Å². The summed E-state index contributed by atoms with van der Waals surface area (Å²) in [7, 11) is 0. The Bertz CT molecular complexity index is 272. The molecule has 0 N–H and O–H groups in total. The molecule has 1 aliphatic rings. The molecule has 0 atom stereocenters. The maximum Gasteiger partial charge on any atom is 0.410 e. The van der Waals surface area contributed by atoms with Crippen LogP contribution in [0.2, 0.25) is 0 Å². The van der Waals surface area contributed by atoms with Gasteiger partial charge in [0.25, 0.3) is 0 Å². The number of ether oxygens (including phenoxy) is 1. The van der Waals surface area contributed by atoms with Crippen LogP contribution in [0.15, 0.2) is 0 Å². The molecule has 0 aromatic rings. The first-order valence-electron chi connectivity index (χ1n) is 5.63. The monoisotopic (exact) mass is 226 g/mol. The van der Waals surface area contributed by atoms with Crippen LogP contribution in [0.25, 0.3) is 0 Å². The molecule has 4 heteroatoms. The Kier molecular flexibility index (Phi) is 3.94. The summed E-state index contributed by atoms with van der Waals surface area (Å²) in [6.07, 6.45) is 1.07.